The number of carbonyl (C=O) groups is 1. The van der Waals surface area contributed by atoms with Crippen LogP contribution in [0, 0.1) is 11.8 Å². The molecule has 1 saturated heterocycles. The van der Waals surface area contributed by atoms with Crippen molar-refractivity contribution in [1.29, 1.82) is 0 Å². The van der Waals surface area contributed by atoms with Crippen LogP contribution in [0.25, 0.3) is 0 Å². The van der Waals surface area contributed by atoms with E-state index >= 15 is 0 Å². The van der Waals surface area contributed by atoms with Gasteiger partial charge in [-0.2, -0.15) is 0 Å². The van der Waals surface area contributed by atoms with Gasteiger partial charge in [0, 0.05) is 24.8 Å². The van der Waals surface area contributed by atoms with Crippen LogP contribution in [0.3, 0.4) is 0 Å². The third kappa shape index (κ3) is 9.28. The summed E-state index contributed by atoms with van der Waals surface area (Å²) in [6, 6.07) is 0. The fourth-order valence-electron chi connectivity index (χ4n) is 4.19. The Kier molecular flexibility index (Phi) is 11.0. The molecule has 2 aliphatic heterocycles. The molecule has 0 bridgehead atoms. The van der Waals surface area contributed by atoms with Gasteiger partial charge in [0.2, 0.25) is 0 Å². The van der Waals surface area contributed by atoms with Crippen molar-refractivity contribution >= 4 is 5.97 Å². The van der Waals surface area contributed by atoms with Gasteiger partial charge in [-0.1, -0.05) is 73.6 Å². The van der Waals surface area contributed by atoms with Crippen LogP contribution in [0.4, 0.5) is 0 Å². The second-order valence-electron chi connectivity index (χ2n) is 9.28. The lowest BCUT2D eigenvalue weighted by Gasteiger charge is -2.38. The number of rotatable bonds is 9. The number of ether oxygens (including phenoxy) is 2. The summed E-state index contributed by atoms with van der Waals surface area (Å²) in [7, 11) is 0. The van der Waals surface area contributed by atoms with Gasteiger partial charge in [-0.3, -0.25) is 0 Å². The highest BCUT2D eigenvalue weighted by molar-refractivity contribution is 5.82. The van der Waals surface area contributed by atoms with E-state index in [1.54, 1.807) is 6.08 Å². The van der Waals surface area contributed by atoms with E-state index in [1.807, 2.05) is 63.3 Å². The molecule has 0 aromatic carbocycles. The Bertz CT molecular complexity index is 816. The Hall–Kier alpha value is -2.21. The Labute approximate surface area is 198 Å². The summed E-state index contributed by atoms with van der Waals surface area (Å²) in [5.74, 6) is 0.0688. The first-order valence-corrected chi connectivity index (χ1v) is 11.9. The largest absolute Gasteiger partial charge is 0.455 e. The molecule has 2 heterocycles. The first-order valence-electron chi connectivity index (χ1n) is 11.9. The fourth-order valence-corrected chi connectivity index (χ4v) is 4.19. The predicted molar refractivity (Wildman–Crippen MR) is 132 cm³/mol. The van der Waals surface area contributed by atoms with Gasteiger partial charge in [-0.25, -0.2) is 4.79 Å². The van der Waals surface area contributed by atoms with E-state index in [2.05, 4.69) is 19.9 Å². The van der Waals surface area contributed by atoms with Gasteiger partial charge in [-0.05, 0) is 39.2 Å². The average molecular weight is 457 g/mol. The van der Waals surface area contributed by atoms with Crippen molar-refractivity contribution in [2.45, 2.75) is 84.4 Å². The van der Waals surface area contributed by atoms with Crippen molar-refractivity contribution in [1.82, 2.24) is 0 Å². The first-order chi connectivity index (χ1) is 15.7. The highest BCUT2D eigenvalue weighted by Crippen LogP contribution is 2.28. The fraction of sp³-hybridized carbons (Fsp3) is 0.536. The van der Waals surface area contributed by atoms with Crippen LogP contribution in [-0.4, -0.2) is 46.7 Å². The first kappa shape index (κ1) is 27.0. The third-order valence-corrected chi connectivity index (χ3v) is 6.04. The molecule has 0 saturated carbocycles. The van der Waals surface area contributed by atoms with Gasteiger partial charge in [-0.15, -0.1) is 0 Å². The summed E-state index contributed by atoms with van der Waals surface area (Å²) in [5.41, 5.74) is 2.33. The maximum Gasteiger partial charge on any atom is 0.331 e. The second kappa shape index (κ2) is 13.5. The van der Waals surface area contributed by atoms with Crippen LogP contribution in [0.2, 0.25) is 0 Å². The summed E-state index contributed by atoms with van der Waals surface area (Å²) in [4.78, 5) is 11.3. The van der Waals surface area contributed by atoms with E-state index < -0.39 is 18.3 Å². The zero-order chi connectivity index (χ0) is 24.4. The van der Waals surface area contributed by atoms with Crippen molar-refractivity contribution in [2.75, 3.05) is 0 Å². The van der Waals surface area contributed by atoms with Gasteiger partial charge in [0.1, 0.15) is 6.10 Å². The number of esters is 1. The van der Waals surface area contributed by atoms with Crippen molar-refractivity contribution in [3.8, 4) is 0 Å². The second-order valence-corrected chi connectivity index (χ2v) is 9.28. The monoisotopic (exact) mass is 456 g/mol. The molecule has 5 nitrogen and oxygen atoms in total. The molecule has 182 valence electrons. The molecule has 0 amide bonds. The number of carbonyl (C=O) groups excluding carboxylic acids is 1. The van der Waals surface area contributed by atoms with Crippen molar-refractivity contribution in [2.24, 2.45) is 11.8 Å². The maximum atomic E-state index is 11.3. The molecule has 2 N–H and O–H groups in total. The maximum absolute atomic E-state index is 11.3. The molecule has 2 rings (SSSR count). The molecule has 33 heavy (non-hydrogen) atoms. The molecular formula is C28H40O5. The highest BCUT2D eigenvalue weighted by atomic mass is 16.5. The Morgan fingerprint density at radius 1 is 1.30 bits per heavy atom. The Morgan fingerprint density at radius 3 is 2.76 bits per heavy atom. The smallest absolute Gasteiger partial charge is 0.331 e. The quantitative estimate of drug-likeness (QED) is 0.291. The summed E-state index contributed by atoms with van der Waals surface area (Å²) >= 11 is 0. The summed E-state index contributed by atoms with van der Waals surface area (Å²) in [6.07, 6.45) is 18.9. The van der Waals surface area contributed by atoms with Crippen molar-refractivity contribution < 1.29 is 24.5 Å². The minimum Gasteiger partial charge on any atom is -0.455 e. The lowest BCUT2D eigenvalue weighted by molar-refractivity contribution is -0.141. The summed E-state index contributed by atoms with van der Waals surface area (Å²) in [6.45, 7) is 10.2. The number of cyclic esters (lactones) is 1. The lowest BCUT2D eigenvalue weighted by atomic mass is 9.88. The zero-order valence-electron chi connectivity index (χ0n) is 20.6. The number of hydrogen-bond donors (Lipinski definition) is 2. The average Bonchev–Trinajstić information content (AvgIpc) is 2.75. The van der Waals surface area contributed by atoms with E-state index in [-0.39, 0.29) is 24.1 Å². The number of hydrogen-bond acceptors (Lipinski definition) is 5. The zero-order valence-corrected chi connectivity index (χ0v) is 20.6. The van der Waals surface area contributed by atoms with Crippen LogP contribution in [0.5, 0.6) is 0 Å². The number of aliphatic hydroxyl groups is 2. The SMILES string of the molecule is C/C=C/C1OC(C(O)/C=C/C=C(\C)CC(C)/C=C(C)\C=C\C2CC=CC(=O)O2)CC(O)C1C. The molecule has 7 unspecified atom stereocenters. The van der Waals surface area contributed by atoms with Crippen LogP contribution in [0.15, 0.2) is 71.9 Å². The number of aliphatic hydroxyl groups excluding tert-OH is 2. The highest BCUT2D eigenvalue weighted by Gasteiger charge is 2.35. The minimum atomic E-state index is -0.766. The lowest BCUT2D eigenvalue weighted by Crippen LogP contribution is -2.46. The number of allylic oxidation sites excluding steroid dienone is 7. The molecule has 0 aromatic rings. The molecule has 0 aliphatic carbocycles. The van der Waals surface area contributed by atoms with Gasteiger partial charge in [0.05, 0.1) is 24.4 Å². The Morgan fingerprint density at radius 2 is 2.06 bits per heavy atom. The van der Waals surface area contributed by atoms with Crippen LogP contribution in [-0.2, 0) is 14.3 Å². The van der Waals surface area contributed by atoms with E-state index in [0.717, 1.165) is 12.0 Å². The van der Waals surface area contributed by atoms with Gasteiger partial charge < -0.3 is 19.7 Å². The molecule has 7 atom stereocenters. The molecule has 1 fully saturated rings. The van der Waals surface area contributed by atoms with Crippen LogP contribution >= 0.6 is 0 Å². The van der Waals surface area contributed by atoms with Crippen molar-refractivity contribution in [3.05, 3.63) is 71.9 Å². The molecule has 0 radical (unpaired) electrons. The predicted octanol–water partition coefficient (Wildman–Crippen LogP) is 4.98. The third-order valence-electron chi connectivity index (χ3n) is 6.04. The molecular weight excluding hydrogens is 416 g/mol. The van der Waals surface area contributed by atoms with E-state index in [4.69, 9.17) is 9.47 Å². The standard InChI is InChI=1S/C28H40O5/c1-6-9-26-22(5)25(30)18-27(33-26)24(29)12-7-10-19(2)16-21(4)17-20(3)14-15-23-11-8-13-28(31)32-23/h6-10,12-15,17,21-27,29-30H,11,16,18H2,1-5H3/b9-6+,12-7+,15-14+,19-10+,20-17-. The Balaban J connectivity index is 1.85. The summed E-state index contributed by atoms with van der Waals surface area (Å²) in [5, 5.41) is 20.8. The van der Waals surface area contributed by atoms with E-state index in [0.29, 0.717) is 18.8 Å². The topological polar surface area (TPSA) is 76.0 Å². The van der Waals surface area contributed by atoms with Crippen LogP contribution in [0.1, 0.15) is 53.9 Å². The molecule has 0 spiro atoms. The molecule has 5 heteroatoms. The molecule has 0 aromatic heterocycles. The van der Waals surface area contributed by atoms with Gasteiger partial charge in [0.25, 0.3) is 0 Å². The van der Waals surface area contributed by atoms with E-state index in [9.17, 15) is 15.0 Å². The van der Waals surface area contributed by atoms with Gasteiger partial charge in [0.15, 0.2) is 0 Å². The van der Waals surface area contributed by atoms with Crippen LogP contribution < -0.4 is 0 Å². The summed E-state index contributed by atoms with van der Waals surface area (Å²) < 4.78 is 11.2. The normalized spacial score (nSPS) is 31.5. The minimum absolute atomic E-state index is 0.0122. The van der Waals surface area contributed by atoms with E-state index in [1.165, 1.54) is 11.6 Å². The van der Waals surface area contributed by atoms with Gasteiger partial charge >= 0.3 is 5.97 Å². The molecule has 2 aliphatic rings. The van der Waals surface area contributed by atoms with Crippen molar-refractivity contribution in [3.63, 3.8) is 0 Å².